The molecule has 0 aliphatic heterocycles. The number of hydrogen-bond acceptors (Lipinski definition) is 5. The van der Waals surface area contributed by atoms with E-state index in [9.17, 15) is 0 Å². The Balaban J connectivity index is 2.16. The molecule has 0 spiro atoms. The Bertz CT molecular complexity index is 784. The van der Waals surface area contributed by atoms with Crippen LogP contribution in [-0.4, -0.2) is 29.2 Å². The lowest BCUT2D eigenvalue weighted by molar-refractivity contribution is 0.213. The van der Waals surface area contributed by atoms with Crippen LogP contribution in [0, 0.1) is 13.8 Å². The molecule has 2 aromatic rings. The zero-order valence-electron chi connectivity index (χ0n) is 16.4. The van der Waals surface area contributed by atoms with Gasteiger partial charge in [-0.05, 0) is 51.0 Å². The third-order valence-corrected chi connectivity index (χ3v) is 3.86. The van der Waals surface area contributed by atoms with Gasteiger partial charge < -0.3 is 14.3 Å². The predicted molar refractivity (Wildman–Crippen MR) is 103 cm³/mol. The fourth-order valence-electron chi connectivity index (χ4n) is 2.74. The minimum absolute atomic E-state index is 0.403. The molecule has 0 N–H and O–H groups in total. The Morgan fingerprint density at radius 1 is 1.23 bits per heavy atom. The summed E-state index contributed by atoms with van der Waals surface area (Å²) in [7, 11) is 3.40. The predicted octanol–water partition coefficient (Wildman–Crippen LogP) is 3.94. The molecule has 1 aromatic carbocycles. The van der Waals surface area contributed by atoms with Crippen molar-refractivity contribution < 1.29 is 14.3 Å². The first-order chi connectivity index (χ1) is 12.5. The second-order valence-corrected chi connectivity index (χ2v) is 6.09. The van der Waals surface area contributed by atoms with Gasteiger partial charge in [-0.3, -0.25) is 4.68 Å². The molecule has 0 bridgehead atoms. The fraction of sp³-hybridized carbons (Fsp3) is 0.400. The maximum absolute atomic E-state index is 6.10. The molecule has 6 nitrogen and oxygen atoms in total. The van der Waals surface area contributed by atoms with Gasteiger partial charge in [-0.25, -0.2) is 0 Å². The van der Waals surface area contributed by atoms with E-state index in [1.54, 1.807) is 4.68 Å². The second kappa shape index (κ2) is 9.08. The molecule has 0 amide bonds. The molecule has 0 saturated heterocycles. The van der Waals surface area contributed by atoms with Crippen molar-refractivity contribution in [1.82, 2.24) is 9.78 Å². The Hall–Kier alpha value is -2.76. The first-order valence-electron chi connectivity index (χ1n) is 8.54. The average molecular weight is 357 g/mol. The molecule has 0 aliphatic rings. The molecule has 6 heteroatoms. The highest BCUT2D eigenvalue weighted by Crippen LogP contribution is 2.29. The van der Waals surface area contributed by atoms with Crippen molar-refractivity contribution in [2.75, 3.05) is 13.7 Å². The summed E-state index contributed by atoms with van der Waals surface area (Å²) in [6.07, 6.45) is 5.88. The lowest BCUT2D eigenvalue weighted by atomic mass is 10.1. The molecule has 1 heterocycles. The quantitative estimate of drug-likeness (QED) is 0.408. The zero-order chi connectivity index (χ0) is 19.1. The summed E-state index contributed by atoms with van der Waals surface area (Å²) >= 11 is 0. The molecule has 140 valence electrons. The van der Waals surface area contributed by atoms with Crippen molar-refractivity contribution in [2.24, 2.45) is 12.2 Å². The van der Waals surface area contributed by atoms with Gasteiger partial charge in [0.25, 0.3) is 0 Å². The summed E-state index contributed by atoms with van der Waals surface area (Å²) in [5, 5.41) is 8.41. The van der Waals surface area contributed by atoms with Gasteiger partial charge in [-0.15, -0.1) is 0 Å². The lowest BCUT2D eigenvalue weighted by Crippen LogP contribution is -2.05. The number of aromatic nitrogens is 2. The van der Waals surface area contributed by atoms with Crippen LogP contribution < -0.4 is 9.47 Å². The number of allylic oxidation sites excluding steroid dienone is 1. The first-order valence-corrected chi connectivity index (χ1v) is 8.54. The monoisotopic (exact) mass is 357 g/mol. The highest BCUT2D eigenvalue weighted by Gasteiger charge is 2.14. The van der Waals surface area contributed by atoms with Gasteiger partial charge in [-0.2, -0.15) is 5.10 Å². The van der Waals surface area contributed by atoms with Gasteiger partial charge in [0.05, 0.1) is 0 Å². The highest BCUT2D eigenvalue weighted by molar-refractivity contribution is 5.97. The summed E-state index contributed by atoms with van der Waals surface area (Å²) in [4.78, 5) is 4.86. The summed E-state index contributed by atoms with van der Waals surface area (Å²) in [5.41, 5.74) is 4.52. The number of rotatable bonds is 8. The van der Waals surface area contributed by atoms with Gasteiger partial charge >= 0.3 is 0 Å². The number of ether oxygens (including phenoxy) is 2. The van der Waals surface area contributed by atoms with E-state index in [4.69, 9.17) is 14.3 Å². The molecule has 2 rings (SSSR count). The molecule has 0 saturated carbocycles. The normalized spacial score (nSPS) is 11.8. The van der Waals surface area contributed by atoms with Gasteiger partial charge in [0.1, 0.15) is 43.2 Å². The molecule has 0 radical (unpaired) electrons. The van der Waals surface area contributed by atoms with Crippen molar-refractivity contribution in [3.05, 3.63) is 52.9 Å². The topological polar surface area (TPSA) is 57.9 Å². The molecule has 0 unspecified atom stereocenters. The SMILES string of the molecule is C/C=C/COc1cc(C)c(OCc2cn(C)nc2/C(C)=N/OC)c(C)c1. The zero-order valence-corrected chi connectivity index (χ0v) is 16.4. The van der Waals surface area contributed by atoms with Gasteiger partial charge in [0.15, 0.2) is 0 Å². The first kappa shape index (κ1) is 19.6. The standard InChI is InChI=1S/C20H27N3O3/c1-7-8-9-25-18-10-14(2)20(15(3)11-18)26-13-17-12-23(5)21-19(17)16(4)22-24-6/h7-8,10-12H,9,13H2,1-6H3/b8-7+,22-16+. The summed E-state index contributed by atoms with van der Waals surface area (Å²) < 4.78 is 13.6. The summed E-state index contributed by atoms with van der Waals surface area (Å²) in [6.45, 7) is 8.84. The fourth-order valence-corrected chi connectivity index (χ4v) is 2.74. The van der Waals surface area contributed by atoms with Gasteiger partial charge in [0.2, 0.25) is 0 Å². The number of oxime groups is 1. The van der Waals surface area contributed by atoms with Crippen LogP contribution in [0.25, 0.3) is 0 Å². The third-order valence-electron chi connectivity index (χ3n) is 3.86. The largest absolute Gasteiger partial charge is 0.490 e. The molecule has 0 atom stereocenters. The van der Waals surface area contributed by atoms with Crippen LogP contribution in [-0.2, 0) is 18.5 Å². The maximum Gasteiger partial charge on any atom is 0.125 e. The van der Waals surface area contributed by atoms with Gasteiger partial charge in [-0.1, -0.05) is 17.3 Å². The minimum atomic E-state index is 0.403. The highest BCUT2D eigenvalue weighted by atomic mass is 16.6. The van der Waals surface area contributed by atoms with Crippen LogP contribution in [0.1, 0.15) is 36.2 Å². The molecular formula is C20H27N3O3. The average Bonchev–Trinajstić information content (AvgIpc) is 2.95. The van der Waals surface area contributed by atoms with E-state index in [2.05, 4.69) is 10.3 Å². The number of aryl methyl sites for hydroxylation is 3. The van der Waals surface area contributed by atoms with Crippen LogP contribution in [0.5, 0.6) is 11.5 Å². The molecule has 0 aliphatic carbocycles. The Morgan fingerprint density at radius 2 is 1.92 bits per heavy atom. The van der Waals surface area contributed by atoms with E-state index < -0.39 is 0 Å². The lowest BCUT2D eigenvalue weighted by Gasteiger charge is -2.14. The smallest absolute Gasteiger partial charge is 0.125 e. The van der Waals surface area contributed by atoms with E-state index in [1.165, 1.54) is 7.11 Å². The van der Waals surface area contributed by atoms with E-state index >= 15 is 0 Å². The third kappa shape index (κ3) is 4.88. The van der Waals surface area contributed by atoms with Gasteiger partial charge in [0, 0.05) is 18.8 Å². The van der Waals surface area contributed by atoms with E-state index in [0.717, 1.165) is 33.9 Å². The van der Waals surface area contributed by atoms with E-state index in [1.807, 2.05) is 65.2 Å². The van der Waals surface area contributed by atoms with Crippen LogP contribution >= 0.6 is 0 Å². The maximum atomic E-state index is 6.10. The van der Waals surface area contributed by atoms with Crippen LogP contribution in [0.2, 0.25) is 0 Å². The Kier molecular flexibility index (Phi) is 6.83. The Morgan fingerprint density at radius 3 is 2.54 bits per heavy atom. The summed E-state index contributed by atoms with van der Waals surface area (Å²) in [5.74, 6) is 1.70. The molecule has 26 heavy (non-hydrogen) atoms. The van der Waals surface area contributed by atoms with Crippen LogP contribution in [0.4, 0.5) is 0 Å². The number of benzene rings is 1. The van der Waals surface area contributed by atoms with Crippen molar-refractivity contribution in [2.45, 2.75) is 34.3 Å². The summed E-state index contributed by atoms with van der Waals surface area (Å²) in [6, 6.07) is 3.99. The Labute approximate surface area is 155 Å². The number of nitrogens with zero attached hydrogens (tertiary/aromatic N) is 3. The van der Waals surface area contributed by atoms with Crippen molar-refractivity contribution >= 4 is 5.71 Å². The molecule has 0 fully saturated rings. The van der Waals surface area contributed by atoms with Crippen LogP contribution in [0.3, 0.4) is 0 Å². The second-order valence-electron chi connectivity index (χ2n) is 6.09. The molecule has 1 aromatic heterocycles. The van der Waals surface area contributed by atoms with Crippen molar-refractivity contribution in [3.8, 4) is 11.5 Å². The van der Waals surface area contributed by atoms with Crippen molar-refractivity contribution in [3.63, 3.8) is 0 Å². The van der Waals surface area contributed by atoms with E-state index in [0.29, 0.717) is 18.9 Å². The van der Waals surface area contributed by atoms with E-state index in [-0.39, 0.29) is 0 Å². The van der Waals surface area contributed by atoms with Crippen LogP contribution in [0.15, 0.2) is 35.6 Å². The number of hydrogen-bond donors (Lipinski definition) is 0. The minimum Gasteiger partial charge on any atom is -0.490 e. The van der Waals surface area contributed by atoms with Crippen molar-refractivity contribution in [1.29, 1.82) is 0 Å². The molecular weight excluding hydrogens is 330 g/mol.